The van der Waals surface area contributed by atoms with Gasteiger partial charge in [0, 0.05) is 0 Å². The summed E-state index contributed by atoms with van der Waals surface area (Å²) < 4.78 is 5.52. The average molecular weight is 247 g/mol. The van der Waals surface area contributed by atoms with E-state index < -0.39 is 0 Å². The second-order valence-corrected chi connectivity index (χ2v) is 6.25. The third-order valence-corrected chi connectivity index (χ3v) is 4.37. The molecule has 2 unspecified atom stereocenters. The molecule has 1 aromatic carbocycles. The van der Waals surface area contributed by atoms with E-state index in [1.807, 2.05) is 6.07 Å². The minimum atomic E-state index is 0.414. The zero-order valence-corrected chi connectivity index (χ0v) is 11.8. The lowest BCUT2D eigenvalue weighted by Crippen LogP contribution is -2.32. The number of hydrogen-bond acceptors (Lipinski definition) is 2. The molecule has 0 saturated heterocycles. The van der Waals surface area contributed by atoms with Crippen molar-refractivity contribution in [3.63, 3.8) is 0 Å². The van der Waals surface area contributed by atoms with Crippen LogP contribution < -0.4 is 10.5 Å². The Morgan fingerprint density at radius 3 is 2.72 bits per heavy atom. The van der Waals surface area contributed by atoms with Crippen molar-refractivity contribution < 1.29 is 4.74 Å². The third-order valence-electron chi connectivity index (χ3n) is 4.37. The molecule has 2 heteroatoms. The Bertz CT molecular complexity index is 400. The van der Waals surface area contributed by atoms with Gasteiger partial charge >= 0.3 is 0 Å². The predicted octanol–water partition coefficient (Wildman–Crippen LogP) is 3.56. The highest BCUT2D eigenvalue weighted by Crippen LogP contribution is 2.48. The summed E-state index contributed by atoms with van der Waals surface area (Å²) in [5.41, 5.74) is 7.72. The van der Waals surface area contributed by atoms with E-state index in [2.05, 4.69) is 32.0 Å². The molecular weight excluding hydrogens is 222 g/mol. The molecule has 1 fully saturated rings. The standard InChI is InChI=1S/C16H25NO/c1-16(2)9-8-12(11-17)14(10-16)13-6-4-5-7-15(13)18-3/h4-7,12,14H,8-11,17H2,1-3H3. The first kappa shape index (κ1) is 13.4. The average Bonchev–Trinajstić information content (AvgIpc) is 2.37. The summed E-state index contributed by atoms with van der Waals surface area (Å²) in [4.78, 5) is 0. The van der Waals surface area contributed by atoms with Gasteiger partial charge in [0.2, 0.25) is 0 Å². The Labute approximate surface area is 111 Å². The van der Waals surface area contributed by atoms with E-state index >= 15 is 0 Å². The fraction of sp³-hybridized carbons (Fsp3) is 0.625. The summed E-state index contributed by atoms with van der Waals surface area (Å²) in [5.74, 6) is 2.14. The molecule has 2 rings (SSSR count). The highest BCUT2D eigenvalue weighted by Gasteiger charge is 2.36. The van der Waals surface area contributed by atoms with E-state index in [1.54, 1.807) is 7.11 Å². The molecular formula is C16H25NO. The van der Waals surface area contributed by atoms with Gasteiger partial charge in [0.1, 0.15) is 5.75 Å². The molecule has 1 aliphatic carbocycles. The lowest BCUT2D eigenvalue weighted by Gasteiger charge is -2.41. The van der Waals surface area contributed by atoms with Crippen LogP contribution >= 0.6 is 0 Å². The number of methoxy groups -OCH3 is 1. The van der Waals surface area contributed by atoms with Crippen molar-refractivity contribution in [2.75, 3.05) is 13.7 Å². The maximum Gasteiger partial charge on any atom is 0.122 e. The highest BCUT2D eigenvalue weighted by molar-refractivity contribution is 5.37. The second-order valence-electron chi connectivity index (χ2n) is 6.25. The molecule has 0 bridgehead atoms. The van der Waals surface area contributed by atoms with Crippen LogP contribution in [-0.2, 0) is 0 Å². The molecule has 2 N–H and O–H groups in total. The summed E-state index contributed by atoms with van der Waals surface area (Å²) in [5, 5.41) is 0. The van der Waals surface area contributed by atoms with Gasteiger partial charge in [-0.3, -0.25) is 0 Å². The first-order valence-corrected chi connectivity index (χ1v) is 6.90. The zero-order chi connectivity index (χ0) is 13.2. The predicted molar refractivity (Wildman–Crippen MR) is 75.9 cm³/mol. The van der Waals surface area contributed by atoms with Crippen molar-refractivity contribution in [3.05, 3.63) is 29.8 Å². The van der Waals surface area contributed by atoms with Crippen LogP contribution in [0.3, 0.4) is 0 Å². The molecule has 0 aromatic heterocycles. The molecule has 2 nitrogen and oxygen atoms in total. The van der Waals surface area contributed by atoms with Gasteiger partial charge in [-0.25, -0.2) is 0 Å². The van der Waals surface area contributed by atoms with Crippen molar-refractivity contribution in [2.45, 2.75) is 39.0 Å². The molecule has 100 valence electrons. The van der Waals surface area contributed by atoms with Crippen LogP contribution in [0.2, 0.25) is 0 Å². The minimum Gasteiger partial charge on any atom is -0.496 e. The number of benzene rings is 1. The van der Waals surface area contributed by atoms with E-state index in [-0.39, 0.29) is 0 Å². The molecule has 2 atom stereocenters. The summed E-state index contributed by atoms with van der Waals surface area (Å²) in [6, 6.07) is 8.40. The Morgan fingerprint density at radius 1 is 1.33 bits per heavy atom. The van der Waals surface area contributed by atoms with Crippen LogP contribution in [0.15, 0.2) is 24.3 Å². The number of para-hydroxylation sites is 1. The monoisotopic (exact) mass is 247 g/mol. The number of ether oxygens (including phenoxy) is 1. The van der Waals surface area contributed by atoms with Gasteiger partial charge in [0.25, 0.3) is 0 Å². The van der Waals surface area contributed by atoms with Crippen LogP contribution in [0, 0.1) is 11.3 Å². The van der Waals surface area contributed by atoms with Gasteiger partial charge in [0.15, 0.2) is 0 Å². The number of nitrogens with two attached hydrogens (primary N) is 1. The smallest absolute Gasteiger partial charge is 0.122 e. The number of rotatable bonds is 3. The van der Waals surface area contributed by atoms with E-state index in [0.29, 0.717) is 17.3 Å². The first-order chi connectivity index (χ1) is 8.57. The largest absolute Gasteiger partial charge is 0.496 e. The van der Waals surface area contributed by atoms with Gasteiger partial charge < -0.3 is 10.5 Å². The van der Waals surface area contributed by atoms with Crippen LogP contribution in [0.5, 0.6) is 5.75 Å². The summed E-state index contributed by atoms with van der Waals surface area (Å²) in [6.07, 6.45) is 3.71. The fourth-order valence-electron chi connectivity index (χ4n) is 3.26. The SMILES string of the molecule is COc1ccccc1C1CC(C)(C)CCC1CN. The van der Waals surface area contributed by atoms with Crippen molar-refractivity contribution in [3.8, 4) is 5.75 Å². The summed E-state index contributed by atoms with van der Waals surface area (Å²) in [6.45, 7) is 5.50. The van der Waals surface area contributed by atoms with E-state index in [4.69, 9.17) is 10.5 Å². The Balaban J connectivity index is 2.32. The van der Waals surface area contributed by atoms with E-state index in [9.17, 15) is 0 Å². The summed E-state index contributed by atoms with van der Waals surface area (Å²) >= 11 is 0. The maximum absolute atomic E-state index is 5.97. The minimum absolute atomic E-state index is 0.414. The lowest BCUT2D eigenvalue weighted by atomic mass is 9.65. The number of hydrogen-bond donors (Lipinski definition) is 1. The van der Waals surface area contributed by atoms with Gasteiger partial charge in [0.05, 0.1) is 7.11 Å². The Morgan fingerprint density at radius 2 is 2.06 bits per heavy atom. The highest BCUT2D eigenvalue weighted by atomic mass is 16.5. The molecule has 0 aliphatic heterocycles. The second kappa shape index (κ2) is 5.31. The summed E-state index contributed by atoms with van der Waals surface area (Å²) in [7, 11) is 1.75. The zero-order valence-electron chi connectivity index (χ0n) is 11.8. The Kier molecular flexibility index (Phi) is 3.96. The van der Waals surface area contributed by atoms with Crippen molar-refractivity contribution in [1.82, 2.24) is 0 Å². The first-order valence-electron chi connectivity index (χ1n) is 6.90. The van der Waals surface area contributed by atoms with Crippen molar-refractivity contribution in [2.24, 2.45) is 17.1 Å². The van der Waals surface area contributed by atoms with Crippen LogP contribution in [0.4, 0.5) is 0 Å². The van der Waals surface area contributed by atoms with Gasteiger partial charge in [-0.05, 0) is 54.7 Å². The van der Waals surface area contributed by atoms with Crippen molar-refractivity contribution in [1.29, 1.82) is 0 Å². The normalized spacial score (nSPS) is 26.9. The van der Waals surface area contributed by atoms with E-state index in [1.165, 1.54) is 24.8 Å². The van der Waals surface area contributed by atoms with Crippen molar-refractivity contribution >= 4 is 0 Å². The van der Waals surface area contributed by atoms with E-state index in [0.717, 1.165) is 12.3 Å². The molecule has 1 aliphatic rings. The maximum atomic E-state index is 5.97. The van der Waals surface area contributed by atoms with Gasteiger partial charge in [-0.15, -0.1) is 0 Å². The molecule has 1 saturated carbocycles. The van der Waals surface area contributed by atoms with Crippen LogP contribution in [0.25, 0.3) is 0 Å². The van der Waals surface area contributed by atoms with Gasteiger partial charge in [-0.1, -0.05) is 32.0 Å². The molecule has 1 aromatic rings. The molecule has 0 spiro atoms. The molecule has 0 amide bonds. The van der Waals surface area contributed by atoms with Crippen LogP contribution in [-0.4, -0.2) is 13.7 Å². The van der Waals surface area contributed by atoms with Gasteiger partial charge in [-0.2, -0.15) is 0 Å². The third kappa shape index (κ3) is 2.69. The molecule has 0 heterocycles. The topological polar surface area (TPSA) is 35.2 Å². The molecule has 18 heavy (non-hydrogen) atoms. The fourth-order valence-corrected chi connectivity index (χ4v) is 3.26. The Hall–Kier alpha value is -1.02. The van der Waals surface area contributed by atoms with Crippen LogP contribution in [0.1, 0.15) is 44.6 Å². The lowest BCUT2D eigenvalue weighted by molar-refractivity contribution is 0.163. The quantitative estimate of drug-likeness (QED) is 0.886. The molecule has 0 radical (unpaired) electrons.